The molecule has 0 aromatic heterocycles. The lowest BCUT2D eigenvalue weighted by Gasteiger charge is -2.33. The highest BCUT2D eigenvalue weighted by molar-refractivity contribution is 9.10. The van der Waals surface area contributed by atoms with Gasteiger partial charge in [-0.25, -0.2) is 0 Å². The molecule has 2 unspecified atom stereocenters. The Labute approximate surface area is 111 Å². The highest BCUT2D eigenvalue weighted by Crippen LogP contribution is 2.40. The van der Waals surface area contributed by atoms with Gasteiger partial charge in [0.05, 0.1) is 0 Å². The van der Waals surface area contributed by atoms with Crippen LogP contribution in [0.15, 0.2) is 22.7 Å². The molecule has 0 saturated heterocycles. The molecule has 2 aliphatic rings. The number of hydrogen-bond donors (Lipinski definition) is 1. The molecule has 0 spiro atoms. The summed E-state index contributed by atoms with van der Waals surface area (Å²) in [5.41, 5.74) is 7.41. The molecular formula is C14H18BrNO. The normalized spacial score (nSPS) is 28.8. The van der Waals surface area contributed by atoms with Crippen LogP contribution in [-0.4, -0.2) is 6.10 Å². The molecule has 2 N–H and O–H groups in total. The van der Waals surface area contributed by atoms with Crippen molar-refractivity contribution in [2.24, 2.45) is 11.7 Å². The van der Waals surface area contributed by atoms with Crippen LogP contribution in [0.3, 0.4) is 0 Å². The minimum absolute atomic E-state index is 0.137. The van der Waals surface area contributed by atoms with Crippen molar-refractivity contribution in [1.29, 1.82) is 0 Å². The Balaban J connectivity index is 1.85. The van der Waals surface area contributed by atoms with E-state index in [1.807, 2.05) is 6.07 Å². The van der Waals surface area contributed by atoms with Crippen LogP contribution in [0.1, 0.15) is 43.7 Å². The van der Waals surface area contributed by atoms with E-state index in [4.69, 9.17) is 10.5 Å². The van der Waals surface area contributed by atoms with Gasteiger partial charge in [-0.15, -0.1) is 0 Å². The molecule has 1 aliphatic heterocycles. The van der Waals surface area contributed by atoms with E-state index >= 15 is 0 Å². The number of hydrogen-bond acceptors (Lipinski definition) is 2. The molecule has 17 heavy (non-hydrogen) atoms. The van der Waals surface area contributed by atoms with Crippen LogP contribution >= 0.6 is 15.9 Å². The third kappa shape index (κ3) is 2.23. The molecule has 1 aromatic carbocycles. The third-order valence-corrected chi connectivity index (χ3v) is 4.56. The zero-order valence-electron chi connectivity index (χ0n) is 9.86. The van der Waals surface area contributed by atoms with E-state index in [1.54, 1.807) is 0 Å². The first-order chi connectivity index (χ1) is 8.24. The molecule has 1 aliphatic carbocycles. The van der Waals surface area contributed by atoms with E-state index in [9.17, 15) is 0 Å². The van der Waals surface area contributed by atoms with Crippen LogP contribution in [0.2, 0.25) is 0 Å². The molecular weight excluding hydrogens is 278 g/mol. The number of nitrogens with two attached hydrogens (primary N) is 1. The molecule has 0 amide bonds. The van der Waals surface area contributed by atoms with E-state index in [0.29, 0.717) is 12.0 Å². The second-order valence-electron chi connectivity index (χ2n) is 5.23. The smallest absolute Gasteiger partial charge is 0.125 e. The monoisotopic (exact) mass is 295 g/mol. The van der Waals surface area contributed by atoms with Crippen LogP contribution in [0.4, 0.5) is 0 Å². The molecule has 2 atom stereocenters. The van der Waals surface area contributed by atoms with Crippen LogP contribution in [0.25, 0.3) is 0 Å². The predicted octanol–water partition coefficient (Wildman–Crippen LogP) is 3.79. The Morgan fingerprint density at radius 1 is 1.24 bits per heavy atom. The van der Waals surface area contributed by atoms with Gasteiger partial charge < -0.3 is 10.5 Å². The molecule has 3 rings (SSSR count). The lowest BCUT2D eigenvalue weighted by molar-refractivity contribution is 0.101. The average molecular weight is 296 g/mol. The minimum Gasteiger partial charge on any atom is -0.490 e. The van der Waals surface area contributed by atoms with Crippen molar-refractivity contribution >= 4 is 15.9 Å². The summed E-state index contributed by atoms with van der Waals surface area (Å²) >= 11 is 3.49. The Kier molecular flexibility index (Phi) is 3.14. The van der Waals surface area contributed by atoms with Crippen molar-refractivity contribution in [2.75, 3.05) is 0 Å². The second-order valence-corrected chi connectivity index (χ2v) is 6.14. The number of benzene rings is 1. The van der Waals surface area contributed by atoms with Gasteiger partial charge in [0.1, 0.15) is 11.9 Å². The maximum atomic E-state index is 6.26. The van der Waals surface area contributed by atoms with E-state index in [1.165, 1.54) is 25.7 Å². The first-order valence-electron chi connectivity index (χ1n) is 6.46. The summed E-state index contributed by atoms with van der Waals surface area (Å²) in [4.78, 5) is 0. The highest BCUT2D eigenvalue weighted by atomic mass is 79.9. The summed E-state index contributed by atoms with van der Waals surface area (Å²) in [5.74, 6) is 1.70. The fourth-order valence-electron chi connectivity index (χ4n) is 3.12. The SMILES string of the molecule is NC1CC(C2CCCC2)Oc2cc(Br)ccc21. The van der Waals surface area contributed by atoms with Crippen molar-refractivity contribution in [1.82, 2.24) is 0 Å². The maximum Gasteiger partial charge on any atom is 0.125 e. The molecule has 0 radical (unpaired) electrons. The van der Waals surface area contributed by atoms with Gasteiger partial charge in [0.2, 0.25) is 0 Å². The van der Waals surface area contributed by atoms with Crippen LogP contribution in [0, 0.1) is 5.92 Å². The summed E-state index contributed by atoms with van der Waals surface area (Å²) in [6.07, 6.45) is 6.62. The van der Waals surface area contributed by atoms with Gasteiger partial charge in [-0.2, -0.15) is 0 Å². The number of fused-ring (bicyclic) bond motifs is 1. The summed E-state index contributed by atoms with van der Waals surface area (Å²) in [7, 11) is 0. The van der Waals surface area contributed by atoms with Gasteiger partial charge in [0.15, 0.2) is 0 Å². The van der Waals surface area contributed by atoms with Crippen molar-refractivity contribution in [3.8, 4) is 5.75 Å². The van der Waals surface area contributed by atoms with Crippen LogP contribution in [0.5, 0.6) is 5.75 Å². The summed E-state index contributed by atoms with van der Waals surface area (Å²) < 4.78 is 7.22. The van der Waals surface area contributed by atoms with Crippen LogP contribution in [-0.2, 0) is 0 Å². The van der Waals surface area contributed by atoms with E-state index in [-0.39, 0.29) is 6.04 Å². The van der Waals surface area contributed by atoms with E-state index in [0.717, 1.165) is 22.2 Å². The molecule has 3 heteroatoms. The molecule has 0 bridgehead atoms. The summed E-state index contributed by atoms with van der Waals surface area (Å²) in [6.45, 7) is 0. The Morgan fingerprint density at radius 2 is 2.00 bits per heavy atom. The standard InChI is InChI=1S/C14H18BrNO/c15-10-5-6-11-12(16)8-13(17-14(11)7-10)9-3-1-2-4-9/h5-7,9,12-13H,1-4,8,16H2. The molecule has 1 fully saturated rings. The Morgan fingerprint density at radius 3 is 2.76 bits per heavy atom. The quantitative estimate of drug-likeness (QED) is 0.855. The highest BCUT2D eigenvalue weighted by Gasteiger charge is 2.33. The maximum absolute atomic E-state index is 6.26. The van der Waals surface area contributed by atoms with Gasteiger partial charge >= 0.3 is 0 Å². The zero-order chi connectivity index (χ0) is 11.8. The van der Waals surface area contributed by atoms with Crippen molar-refractivity contribution in [3.63, 3.8) is 0 Å². The first-order valence-corrected chi connectivity index (χ1v) is 7.25. The van der Waals surface area contributed by atoms with Gasteiger partial charge in [-0.05, 0) is 30.9 Å². The second kappa shape index (κ2) is 4.62. The topological polar surface area (TPSA) is 35.2 Å². The van der Waals surface area contributed by atoms with Gasteiger partial charge in [0.25, 0.3) is 0 Å². The van der Waals surface area contributed by atoms with Gasteiger partial charge in [-0.1, -0.05) is 34.8 Å². The zero-order valence-corrected chi connectivity index (χ0v) is 11.4. The summed E-state index contributed by atoms with van der Waals surface area (Å²) in [6, 6.07) is 6.31. The first kappa shape index (κ1) is 11.5. The largest absolute Gasteiger partial charge is 0.490 e. The Bertz CT molecular complexity index is 415. The van der Waals surface area contributed by atoms with Crippen molar-refractivity contribution < 1.29 is 4.74 Å². The van der Waals surface area contributed by atoms with Crippen molar-refractivity contribution in [3.05, 3.63) is 28.2 Å². The number of ether oxygens (including phenoxy) is 1. The van der Waals surface area contributed by atoms with Gasteiger partial charge in [-0.3, -0.25) is 0 Å². The molecule has 2 nitrogen and oxygen atoms in total. The fourth-order valence-corrected chi connectivity index (χ4v) is 3.46. The lowest BCUT2D eigenvalue weighted by Crippen LogP contribution is -2.34. The fraction of sp³-hybridized carbons (Fsp3) is 0.571. The van der Waals surface area contributed by atoms with Gasteiger partial charge in [0, 0.05) is 22.5 Å². The number of rotatable bonds is 1. The molecule has 1 aromatic rings. The third-order valence-electron chi connectivity index (χ3n) is 4.07. The Hall–Kier alpha value is -0.540. The lowest BCUT2D eigenvalue weighted by atomic mass is 9.89. The van der Waals surface area contributed by atoms with Crippen LogP contribution < -0.4 is 10.5 Å². The molecule has 1 saturated carbocycles. The van der Waals surface area contributed by atoms with E-state index < -0.39 is 0 Å². The predicted molar refractivity (Wildman–Crippen MR) is 72.1 cm³/mol. The van der Waals surface area contributed by atoms with E-state index in [2.05, 4.69) is 28.1 Å². The minimum atomic E-state index is 0.137. The molecule has 1 heterocycles. The summed E-state index contributed by atoms with van der Waals surface area (Å²) in [5, 5.41) is 0. The average Bonchev–Trinajstić information content (AvgIpc) is 2.81. The molecule has 92 valence electrons. The van der Waals surface area contributed by atoms with Crippen molar-refractivity contribution in [2.45, 2.75) is 44.2 Å². The number of halogens is 1.